The van der Waals surface area contributed by atoms with Crippen molar-refractivity contribution in [1.29, 1.82) is 0 Å². The molecule has 0 aliphatic carbocycles. The van der Waals surface area contributed by atoms with Gasteiger partial charge in [0.15, 0.2) is 0 Å². The molecule has 2 rings (SSSR count). The van der Waals surface area contributed by atoms with Gasteiger partial charge in [-0.15, -0.1) is 0 Å². The minimum atomic E-state index is -0.953. The molecule has 27 heavy (non-hydrogen) atoms. The zero-order valence-corrected chi connectivity index (χ0v) is 17.2. The highest BCUT2D eigenvalue weighted by atomic mass is 19.1. The number of hydrogen-bond donors (Lipinski definition) is 0. The van der Waals surface area contributed by atoms with Crippen LogP contribution in [0.25, 0.3) is 11.1 Å². The van der Waals surface area contributed by atoms with E-state index in [1.165, 1.54) is 7.11 Å². The average molecular weight is 376 g/mol. The van der Waals surface area contributed by atoms with Gasteiger partial charge in [-0.2, -0.15) is 4.39 Å². The third-order valence-corrected chi connectivity index (χ3v) is 4.51. The van der Waals surface area contributed by atoms with Crippen LogP contribution in [0.15, 0.2) is 24.0 Å². The van der Waals surface area contributed by atoms with E-state index in [-0.39, 0.29) is 18.1 Å². The van der Waals surface area contributed by atoms with E-state index in [0.29, 0.717) is 23.5 Å². The Labute approximate surface area is 161 Å². The summed E-state index contributed by atoms with van der Waals surface area (Å²) in [6.07, 6.45) is 2.42. The van der Waals surface area contributed by atoms with Crippen molar-refractivity contribution >= 4 is 17.1 Å². The number of benzene rings is 1. The molecule has 0 atom stereocenters. The van der Waals surface area contributed by atoms with E-state index >= 15 is 0 Å². The van der Waals surface area contributed by atoms with Gasteiger partial charge in [-0.05, 0) is 50.8 Å². The monoisotopic (exact) mass is 376 g/mol. The summed E-state index contributed by atoms with van der Waals surface area (Å²) in [5.41, 5.74) is 2.37. The lowest BCUT2D eigenvalue weighted by Gasteiger charge is -2.33. The van der Waals surface area contributed by atoms with Gasteiger partial charge in [-0.25, -0.2) is 4.79 Å². The predicted molar refractivity (Wildman–Crippen MR) is 105 cm³/mol. The van der Waals surface area contributed by atoms with E-state index in [4.69, 9.17) is 14.2 Å². The Morgan fingerprint density at radius 2 is 1.93 bits per heavy atom. The number of ether oxygens (including phenoxy) is 3. The maximum Gasteiger partial charge on any atom is 0.367 e. The third kappa shape index (κ3) is 4.34. The Hall–Kier alpha value is -2.30. The zero-order valence-electron chi connectivity index (χ0n) is 17.2. The van der Waals surface area contributed by atoms with Crippen molar-refractivity contribution in [3.63, 3.8) is 0 Å². The van der Waals surface area contributed by atoms with Crippen molar-refractivity contribution in [1.82, 2.24) is 0 Å². The Bertz CT molecular complexity index is 788. The fourth-order valence-electron chi connectivity index (χ4n) is 3.30. The van der Waals surface area contributed by atoms with Crippen LogP contribution in [-0.4, -0.2) is 25.3 Å². The lowest BCUT2D eigenvalue weighted by Crippen LogP contribution is -2.29. The smallest absolute Gasteiger partial charge is 0.367 e. The predicted octanol–water partition coefficient (Wildman–Crippen LogP) is 5.56. The summed E-state index contributed by atoms with van der Waals surface area (Å²) in [7, 11) is 1.52. The maximum atomic E-state index is 14.8. The van der Waals surface area contributed by atoms with Gasteiger partial charge in [0, 0.05) is 22.8 Å². The molecule has 1 heterocycles. The molecular formula is C22H29FO4. The summed E-state index contributed by atoms with van der Waals surface area (Å²) in [6, 6.07) is 3.63. The number of allylic oxidation sites excluding steroid dienone is 2. The SMILES string of the molecule is CCOC(=O)C(F)=C(CC)c1cc2c(cc1OC)OC(C)(C)C=C2C(C)C. The maximum absolute atomic E-state index is 14.8. The normalized spacial score (nSPS) is 16.1. The lowest BCUT2D eigenvalue weighted by molar-refractivity contribution is -0.140. The molecular weight excluding hydrogens is 347 g/mol. The fourth-order valence-corrected chi connectivity index (χ4v) is 3.30. The molecule has 0 aromatic heterocycles. The minimum absolute atomic E-state index is 0.119. The van der Waals surface area contributed by atoms with Crippen molar-refractivity contribution in [3.8, 4) is 11.5 Å². The standard InChI is InChI=1S/C22H29FO4/c1-8-14(20(23)21(24)26-9-2)15-10-16-17(13(3)4)12-22(5,6)27-19(16)11-18(15)25-7/h10-13H,8-9H2,1-7H3. The van der Waals surface area contributed by atoms with Crippen LogP contribution in [0.4, 0.5) is 4.39 Å². The van der Waals surface area contributed by atoms with E-state index in [9.17, 15) is 9.18 Å². The highest BCUT2D eigenvalue weighted by Crippen LogP contribution is 2.45. The second-order valence-corrected chi connectivity index (χ2v) is 7.38. The first kappa shape index (κ1) is 21.0. The van der Waals surface area contributed by atoms with Crippen molar-refractivity contribution < 1.29 is 23.4 Å². The van der Waals surface area contributed by atoms with Crippen LogP contribution < -0.4 is 9.47 Å². The Kier molecular flexibility index (Phi) is 6.34. The molecule has 0 fully saturated rings. The molecule has 1 aliphatic heterocycles. The summed E-state index contributed by atoms with van der Waals surface area (Å²) in [6.45, 7) is 11.8. The molecule has 4 nitrogen and oxygen atoms in total. The number of rotatable bonds is 6. The number of carbonyl (C=O) groups is 1. The van der Waals surface area contributed by atoms with Crippen LogP contribution in [-0.2, 0) is 9.53 Å². The first-order chi connectivity index (χ1) is 12.6. The van der Waals surface area contributed by atoms with Crippen molar-refractivity contribution in [2.24, 2.45) is 5.92 Å². The Morgan fingerprint density at radius 3 is 2.44 bits per heavy atom. The summed E-state index contributed by atoms with van der Waals surface area (Å²) >= 11 is 0. The molecule has 0 bridgehead atoms. The van der Waals surface area contributed by atoms with Gasteiger partial charge < -0.3 is 14.2 Å². The molecule has 1 aliphatic rings. The number of hydrogen-bond acceptors (Lipinski definition) is 4. The summed E-state index contributed by atoms with van der Waals surface area (Å²) in [4.78, 5) is 11.9. The van der Waals surface area contributed by atoms with E-state index < -0.39 is 17.4 Å². The number of halogens is 1. The largest absolute Gasteiger partial charge is 0.496 e. The Balaban J connectivity index is 2.71. The van der Waals surface area contributed by atoms with E-state index in [0.717, 1.165) is 11.1 Å². The van der Waals surface area contributed by atoms with Crippen molar-refractivity contribution in [2.75, 3.05) is 13.7 Å². The number of fused-ring (bicyclic) bond motifs is 1. The summed E-state index contributed by atoms with van der Waals surface area (Å²) in [5, 5.41) is 0. The molecule has 0 amide bonds. The fraction of sp³-hybridized carbons (Fsp3) is 0.500. The quantitative estimate of drug-likeness (QED) is 0.482. The van der Waals surface area contributed by atoms with Gasteiger partial charge in [0.1, 0.15) is 17.1 Å². The van der Waals surface area contributed by atoms with E-state index in [2.05, 4.69) is 19.9 Å². The molecule has 5 heteroatoms. The van der Waals surface area contributed by atoms with Crippen LogP contribution in [0, 0.1) is 5.92 Å². The van der Waals surface area contributed by atoms with Crippen molar-refractivity contribution in [3.05, 3.63) is 35.2 Å². The summed E-state index contributed by atoms with van der Waals surface area (Å²) in [5.74, 6) is -0.419. The molecule has 0 saturated heterocycles. The third-order valence-electron chi connectivity index (χ3n) is 4.51. The van der Waals surface area contributed by atoms with Crippen LogP contribution in [0.1, 0.15) is 59.1 Å². The van der Waals surface area contributed by atoms with E-state index in [1.807, 2.05) is 19.9 Å². The first-order valence-electron chi connectivity index (χ1n) is 9.35. The van der Waals surface area contributed by atoms with Gasteiger partial charge in [0.25, 0.3) is 0 Å². The number of carbonyl (C=O) groups excluding carboxylic acids is 1. The second-order valence-electron chi connectivity index (χ2n) is 7.38. The van der Waals surface area contributed by atoms with Gasteiger partial charge in [-0.1, -0.05) is 20.8 Å². The second kappa shape index (κ2) is 8.15. The molecule has 1 aromatic carbocycles. The topological polar surface area (TPSA) is 44.8 Å². The molecule has 0 spiro atoms. The van der Waals surface area contributed by atoms with Crippen LogP contribution in [0.2, 0.25) is 0 Å². The highest BCUT2D eigenvalue weighted by Gasteiger charge is 2.30. The molecule has 0 N–H and O–H groups in total. The molecule has 0 radical (unpaired) electrons. The van der Waals surface area contributed by atoms with E-state index in [1.54, 1.807) is 19.9 Å². The van der Waals surface area contributed by atoms with Crippen LogP contribution in [0.3, 0.4) is 0 Å². The van der Waals surface area contributed by atoms with Gasteiger partial charge in [0.2, 0.25) is 5.83 Å². The van der Waals surface area contributed by atoms with Crippen LogP contribution in [0.5, 0.6) is 11.5 Å². The minimum Gasteiger partial charge on any atom is -0.496 e. The highest BCUT2D eigenvalue weighted by molar-refractivity contribution is 5.96. The number of methoxy groups -OCH3 is 1. The van der Waals surface area contributed by atoms with Crippen LogP contribution >= 0.6 is 0 Å². The molecule has 0 saturated carbocycles. The molecule has 148 valence electrons. The van der Waals surface area contributed by atoms with Crippen molar-refractivity contribution in [2.45, 2.75) is 53.6 Å². The Morgan fingerprint density at radius 1 is 1.26 bits per heavy atom. The zero-order chi connectivity index (χ0) is 20.4. The summed E-state index contributed by atoms with van der Waals surface area (Å²) < 4.78 is 31.2. The lowest BCUT2D eigenvalue weighted by atomic mass is 9.86. The molecule has 0 unspecified atom stereocenters. The number of esters is 1. The first-order valence-corrected chi connectivity index (χ1v) is 9.35. The van der Waals surface area contributed by atoms with Gasteiger partial charge >= 0.3 is 5.97 Å². The van der Waals surface area contributed by atoms with Gasteiger partial charge in [-0.3, -0.25) is 0 Å². The van der Waals surface area contributed by atoms with Gasteiger partial charge in [0.05, 0.1) is 13.7 Å². The average Bonchev–Trinajstić information content (AvgIpc) is 2.60. The molecule has 1 aromatic rings.